The molecule has 1 atom stereocenters. The van der Waals surface area contributed by atoms with Crippen molar-refractivity contribution in [3.63, 3.8) is 0 Å². The second kappa shape index (κ2) is 4.82. The van der Waals surface area contributed by atoms with Gasteiger partial charge in [0.2, 0.25) is 0 Å². The van der Waals surface area contributed by atoms with Crippen molar-refractivity contribution in [3.05, 3.63) is 63.9 Å². The number of pyridine rings is 1. The van der Waals surface area contributed by atoms with Gasteiger partial charge in [-0.3, -0.25) is 9.88 Å². The summed E-state index contributed by atoms with van der Waals surface area (Å²) in [7, 11) is 0. The first kappa shape index (κ1) is 11.9. The number of rotatable bonds is 2. The lowest BCUT2D eigenvalue weighted by Gasteiger charge is -2.21. The van der Waals surface area contributed by atoms with Gasteiger partial charge in [-0.25, -0.2) is 0 Å². The smallest absolute Gasteiger partial charge is 0.0592 e. The Bertz CT molecular complexity index is 554. The molecule has 1 aromatic carbocycles. The zero-order valence-corrected chi connectivity index (χ0v) is 11.9. The molecule has 0 N–H and O–H groups in total. The van der Waals surface area contributed by atoms with E-state index in [2.05, 4.69) is 69.1 Å². The van der Waals surface area contributed by atoms with Crippen LogP contribution in [0.2, 0.25) is 0 Å². The van der Waals surface area contributed by atoms with Gasteiger partial charge in [0.25, 0.3) is 0 Å². The fourth-order valence-corrected chi connectivity index (χ4v) is 2.86. The van der Waals surface area contributed by atoms with E-state index >= 15 is 0 Å². The lowest BCUT2D eigenvalue weighted by atomic mass is 10.1. The number of benzene rings is 1. The number of hydrogen-bond acceptors (Lipinski definition) is 2. The normalized spacial score (nSPS) is 18.9. The first-order valence-corrected chi connectivity index (χ1v) is 6.95. The van der Waals surface area contributed by atoms with Crippen LogP contribution < -0.4 is 0 Å². The van der Waals surface area contributed by atoms with Crippen LogP contribution in [-0.4, -0.2) is 9.88 Å². The van der Waals surface area contributed by atoms with Crippen molar-refractivity contribution in [1.82, 2.24) is 9.88 Å². The monoisotopic (exact) mass is 302 g/mol. The first-order valence-electron chi connectivity index (χ1n) is 6.16. The molecular formula is C15H15BrN2. The second-order valence-electron chi connectivity index (χ2n) is 4.76. The molecule has 0 aliphatic carbocycles. The molecule has 1 unspecified atom stereocenters. The fourth-order valence-electron chi connectivity index (χ4n) is 2.51. The molecule has 18 heavy (non-hydrogen) atoms. The van der Waals surface area contributed by atoms with Gasteiger partial charge in [-0.1, -0.05) is 30.3 Å². The minimum atomic E-state index is 0.435. The van der Waals surface area contributed by atoms with Gasteiger partial charge in [0, 0.05) is 29.8 Å². The van der Waals surface area contributed by atoms with Crippen LogP contribution in [0.25, 0.3) is 0 Å². The highest BCUT2D eigenvalue weighted by Crippen LogP contribution is 2.34. The zero-order chi connectivity index (χ0) is 12.5. The molecule has 0 fully saturated rings. The van der Waals surface area contributed by atoms with E-state index in [0.717, 1.165) is 17.6 Å². The highest BCUT2D eigenvalue weighted by Gasteiger charge is 2.27. The number of nitrogens with zero attached hydrogens (tertiary/aromatic N) is 2. The van der Waals surface area contributed by atoms with Gasteiger partial charge in [0.1, 0.15) is 0 Å². The third-order valence-corrected chi connectivity index (χ3v) is 3.98. The Kier molecular flexibility index (Phi) is 3.18. The number of fused-ring (bicyclic) bond motifs is 1. The van der Waals surface area contributed by atoms with Crippen LogP contribution in [0.3, 0.4) is 0 Å². The lowest BCUT2D eigenvalue weighted by Crippen LogP contribution is -2.19. The molecule has 0 bridgehead atoms. The Labute approximate surface area is 116 Å². The predicted molar refractivity (Wildman–Crippen MR) is 76.0 cm³/mol. The average Bonchev–Trinajstić information content (AvgIpc) is 2.68. The minimum absolute atomic E-state index is 0.435. The molecule has 3 rings (SSSR count). The van der Waals surface area contributed by atoms with Crippen molar-refractivity contribution in [1.29, 1.82) is 0 Å². The third kappa shape index (κ3) is 2.20. The van der Waals surface area contributed by atoms with E-state index in [9.17, 15) is 0 Å². The molecule has 2 aromatic rings. The van der Waals surface area contributed by atoms with Crippen LogP contribution in [0.15, 0.2) is 47.1 Å². The molecular weight excluding hydrogens is 288 g/mol. The van der Waals surface area contributed by atoms with E-state index in [1.54, 1.807) is 0 Å². The van der Waals surface area contributed by atoms with Crippen LogP contribution >= 0.6 is 15.9 Å². The molecule has 3 heteroatoms. The summed E-state index contributed by atoms with van der Waals surface area (Å²) in [5, 5.41) is 0. The largest absolute Gasteiger partial charge is 0.286 e. The average molecular weight is 303 g/mol. The van der Waals surface area contributed by atoms with Crippen molar-refractivity contribution < 1.29 is 0 Å². The Balaban J connectivity index is 1.82. The predicted octanol–water partition coefficient (Wildman–Crippen LogP) is 3.92. The molecule has 1 aromatic heterocycles. The fraction of sp³-hybridized carbons (Fsp3) is 0.267. The Morgan fingerprint density at radius 2 is 2.11 bits per heavy atom. The van der Waals surface area contributed by atoms with E-state index in [4.69, 9.17) is 0 Å². The standard InChI is InChI=1S/C15H15BrN2/c1-11-14-7-13(16)8-17-15(14)10-18(11)9-12-5-3-2-4-6-12/h2-8,11H,9-10H2,1H3. The van der Waals surface area contributed by atoms with E-state index in [1.165, 1.54) is 16.8 Å². The molecule has 0 spiro atoms. The van der Waals surface area contributed by atoms with Crippen molar-refractivity contribution in [2.24, 2.45) is 0 Å². The zero-order valence-electron chi connectivity index (χ0n) is 10.3. The first-order chi connectivity index (χ1) is 8.74. The summed E-state index contributed by atoms with van der Waals surface area (Å²) >= 11 is 3.50. The quantitative estimate of drug-likeness (QED) is 0.836. The number of halogens is 1. The van der Waals surface area contributed by atoms with Crippen molar-refractivity contribution >= 4 is 15.9 Å². The molecule has 1 aliphatic heterocycles. The molecule has 0 amide bonds. The van der Waals surface area contributed by atoms with Gasteiger partial charge >= 0.3 is 0 Å². The van der Waals surface area contributed by atoms with E-state index in [0.29, 0.717) is 6.04 Å². The van der Waals surface area contributed by atoms with Gasteiger partial charge in [-0.05, 0) is 40.0 Å². The maximum atomic E-state index is 4.51. The molecule has 92 valence electrons. The van der Waals surface area contributed by atoms with Gasteiger partial charge in [-0.15, -0.1) is 0 Å². The molecule has 0 saturated heterocycles. The second-order valence-corrected chi connectivity index (χ2v) is 5.67. The maximum absolute atomic E-state index is 4.51. The molecule has 0 saturated carbocycles. The number of aromatic nitrogens is 1. The van der Waals surface area contributed by atoms with E-state index in [1.807, 2.05) is 6.20 Å². The third-order valence-electron chi connectivity index (χ3n) is 3.55. The SMILES string of the molecule is CC1c2cc(Br)cnc2CN1Cc1ccccc1. The van der Waals surface area contributed by atoms with Crippen LogP contribution in [-0.2, 0) is 13.1 Å². The van der Waals surface area contributed by atoms with Crippen molar-refractivity contribution in [2.75, 3.05) is 0 Å². The minimum Gasteiger partial charge on any atom is -0.286 e. The summed E-state index contributed by atoms with van der Waals surface area (Å²) in [4.78, 5) is 6.97. The van der Waals surface area contributed by atoms with Gasteiger partial charge in [0.15, 0.2) is 0 Å². The molecule has 0 radical (unpaired) electrons. The van der Waals surface area contributed by atoms with Gasteiger partial charge in [0.05, 0.1) is 5.69 Å². The summed E-state index contributed by atoms with van der Waals surface area (Å²) in [5.74, 6) is 0. The number of hydrogen-bond donors (Lipinski definition) is 0. The van der Waals surface area contributed by atoms with Crippen molar-refractivity contribution in [2.45, 2.75) is 26.1 Å². The Morgan fingerprint density at radius 3 is 2.89 bits per heavy atom. The Hall–Kier alpha value is -1.19. The molecule has 2 nitrogen and oxygen atoms in total. The molecule has 1 aliphatic rings. The topological polar surface area (TPSA) is 16.1 Å². The molecule has 2 heterocycles. The highest BCUT2D eigenvalue weighted by molar-refractivity contribution is 9.10. The lowest BCUT2D eigenvalue weighted by molar-refractivity contribution is 0.219. The summed E-state index contributed by atoms with van der Waals surface area (Å²) in [5.41, 5.74) is 3.91. The van der Waals surface area contributed by atoms with Gasteiger partial charge in [-0.2, -0.15) is 0 Å². The summed E-state index contributed by atoms with van der Waals surface area (Å²) in [6.45, 7) is 4.18. The summed E-state index contributed by atoms with van der Waals surface area (Å²) in [6.07, 6.45) is 1.89. The van der Waals surface area contributed by atoms with Crippen LogP contribution in [0.1, 0.15) is 29.8 Å². The van der Waals surface area contributed by atoms with E-state index in [-0.39, 0.29) is 0 Å². The highest BCUT2D eigenvalue weighted by atomic mass is 79.9. The summed E-state index contributed by atoms with van der Waals surface area (Å²) < 4.78 is 1.06. The van der Waals surface area contributed by atoms with Gasteiger partial charge < -0.3 is 0 Å². The van der Waals surface area contributed by atoms with Crippen molar-refractivity contribution in [3.8, 4) is 0 Å². The maximum Gasteiger partial charge on any atom is 0.0592 e. The van der Waals surface area contributed by atoms with Crippen LogP contribution in [0.5, 0.6) is 0 Å². The Morgan fingerprint density at radius 1 is 1.33 bits per heavy atom. The summed E-state index contributed by atoms with van der Waals surface area (Å²) in [6, 6.07) is 13.2. The van der Waals surface area contributed by atoms with E-state index < -0.39 is 0 Å². The van der Waals surface area contributed by atoms with Crippen LogP contribution in [0.4, 0.5) is 0 Å². The van der Waals surface area contributed by atoms with Crippen LogP contribution in [0, 0.1) is 0 Å².